The normalized spacial score (nSPS) is 14.4. The van der Waals surface area contributed by atoms with Crippen LogP contribution in [0, 0.1) is 5.41 Å². The summed E-state index contributed by atoms with van der Waals surface area (Å²) in [4.78, 5) is 1.15. The van der Waals surface area contributed by atoms with Crippen molar-refractivity contribution in [3.63, 3.8) is 0 Å². The van der Waals surface area contributed by atoms with Gasteiger partial charge in [0.15, 0.2) is 0 Å². The van der Waals surface area contributed by atoms with Gasteiger partial charge in [-0.15, -0.1) is 5.10 Å². The zero-order chi connectivity index (χ0) is 10.8. The predicted molar refractivity (Wildman–Crippen MR) is 60.3 cm³/mol. The lowest BCUT2D eigenvalue weighted by Gasteiger charge is -2.26. The van der Waals surface area contributed by atoms with E-state index in [-0.39, 0.29) is 11.5 Å². The van der Waals surface area contributed by atoms with Crippen molar-refractivity contribution in [3.05, 3.63) is 10.6 Å². The Morgan fingerprint density at radius 1 is 1.43 bits per heavy atom. The van der Waals surface area contributed by atoms with E-state index in [9.17, 15) is 0 Å². The maximum atomic E-state index is 6.18. The minimum Gasteiger partial charge on any atom is -0.323 e. The van der Waals surface area contributed by atoms with Crippen molar-refractivity contribution in [1.82, 2.24) is 9.59 Å². The van der Waals surface area contributed by atoms with Crippen LogP contribution in [0.2, 0.25) is 0 Å². The molecule has 1 atom stereocenters. The van der Waals surface area contributed by atoms with Crippen LogP contribution in [0.15, 0.2) is 0 Å². The van der Waals surface area contributed by atoms with Crippen LogP contribution >= 0.6 is 11.5 Å². The summed E-state index contributed by atoms with van der Waals surface area (Å²) >= 11 is 1.44. The summed E-state index contributed by atoms with van der Waals surface area (Å²) in [6.07, 6.45) is 2.07. The molecule has 80 valence electrons. The highest BCUT2D eigenvalue weighted by Gasteiger charge is 2.26. The Morgan fingerprint density at radius 2 is 2.07 bits per heavy atom. The second-order valence-corrected chi connectivity index (χ2v) is 5.46. The smallest absolute Gasteiger partial charge is 0.0803 e. The molecule has 0 radical (unpaired) electrons. The van der Waals surface area contributed by atoms with E-state index in [1.807, 2.05) is 0 Å². The summed E-state index contributed by atoms with van der Waals surface area (Å²) in [6.45, 7) is 8.58. The van der Waals surface area contributed by atoms with Crippen LogP contribution in [0.25, 0.3) is 0 Å². The van der Waals surface area contributed by atoms with Crippen LogP contribution in [-0.2, 0) is 6.42 Å². The van der Waals surface area contributed by atoms with E-state index < -0.39 is 0 Å². The molecule has 2 N–H and O–H groups in total. The number of rotatable bonds is 3. The van der Waals surface area contributed by atoms with Crippen molar-refractivity contribution in [2.75, 3.05) is 0 Å². The number of nitrogens with zero attached hydrogens (tertiary/aromatic N) is 2. The number of hydrogen-bond acceptors (Lipinski definition) is 4. The van der Waals surface area contributed by atoms with E-state index >= 15 is 0 Å². The standard InChI is InChI=1S/C10H19N3S/c1-5-6-7-8(14-13-12-7)9(11)10(2,3)4/h9H,5-6,11H2,1-4H3. The Bertz CT molecular complexity index is 288. The molecule has 0 saturated carbocycles. The molecule has 0 aromatic carbocycles. The highest BCUT2D eigenvalue weighted by atomic mass is 32.1. The molecule has 0 amide bonds. The van der Waals surface area contributed by atoms with Crippen molar-refractivity contribution in [2.24, 2.45) is 11.1 Å². The van der Waals surface area contributed by atoms with Crippen molar-refractivity contribution in [2.45, 2.75) is 46.6 Å². The molecule has 3 nitrogen and oxygen atoms in total. The summed E-state index contributed by atoms with van der Waals surface area (Å²) in [5.74, 6) is 0. The van der Waals surface area contributed by atoms with Crippen molar-refractivity contribution in [3.8, 4) is 0 Å². The fourth-order valence-electron chi connectivity index (χ4n) is 1.26. The summed E-state index contributed by atoms with van der Waals surface area (Å²) in [5, 5.41) is 4.13. The third-order valence-corrected chi connectivity index (χ3v) is 3.14. The van der Waals surface area contributed by atoms with Gasteiger partial charge >= 0.3 is 0 Å². The van der Waals surface area contributed by atoms with Crippen LogP contribution in [0.5, 0.6) is 0 Å². The first-order chi connectivity index (χ1) is 6.46. The molecule has 1 aromatic heterocycles. The van der Waals surface area contributed by atoms with E-state index in [0.29, 0.717) is 0 Å². The molecular formula is C10H19N3S. The SMILES string of the molecule is CCCc1nnsc1C(N)C(C)(C)C. The van der Waals surface area contributed by atoms with E-state index in [1.165, 1.54) is 11.5 Å². The molecule has 0 fully saturated rings. The Hall–Kier alpha value is -0.480. The van der Waals surface area contributed by atoms with E-state index in [4.69, 9.17) is 5.73 Å². The summed E-state index contributed by atoms with van der Waals surface area (Å²) < 4.78 is 3.99. The Labute approximate surface area is 89.9 Å². The molecule has 1 heterocycles. The van der Waals surface area contributed by atoms with Gasteiger partial charge in [-0.3, -0.25) is 0 Å². The molecule has 0 saturated heterocycles. The first kappa shape index (κ1) is 11.6. The van der Waals surface area contributed by atoms with Crippen molar-refractivity contribution < 1.29 is 0 Å². The van der Waals surface area contributed by atoms with Gasteiger partial charge in [0.05, 0.1) is 10.6 Å². The zero-order valence-electron chi connectivity index (χ0n) is 9.37. The molecule has 0 aliphatic rings. The summed E-state index contributed by atoms with van der Waals surface area (Å²) in [7, 11) is 0. The molecule has 14 heavy (non-hydrogen) atoms. The monoisotopic (exact) mass is 213 g/mol. The average molecular weight is 213 g/mol. The number of nitrogens with two attached hydrogens (primary N) is 1. The third-order valence-electron chi connectivity index (χ3n) is 2.29. The number of aryl methyl sites for hydroxylation is 1. The van der Waals surface area contributed by atoms with Gasteiger partial charge in [-0.2, -0.15) is 0 Å². The Balaban J connectivity index is 2.89. The van der Waals surface area contributed by atoms with Gasteiger partial charge in [0, 0.05) is 6.04 Å². The molecule has 0 aliphatic heterocycles. The molecular weight excluding hydrogens is 194 g/mol. The highest BCUT2D eigenvalue weighted by molar-refractivity contribution is 7.05. The van der Waals surface area contributed by atoms with Gasteiger partial charge in [0.2, 0.25) is 0 Å². The molecule has 0 spiro atoms. The van der Waals surface area contributed by atoms with E-state index in [2.05, 4.69) is 37.3 Å². The Kier molecular flexibility index (Phi) is 3.61. The maximum Gasteiger partial charge on any atom is 0.0803 e. The van der Waals surface area contributed by atoms with Crippen LogP contribution in [-0.4, -0.2) is 9.59 Å². The largest absolute Gasteiger partial charge is 0.323 e. The van der Waals surface area contributed by atoms with E-state index in [0.717, 1.165) is 23.4 Å². The molecule has 4 heteroatoms. The topological polar surface area (TPSA) is 51.8 Å². The van der Waals surface area contributed by atoms with Gasteiger partial charge < -0.3 is 5.73 Å². The fraction of sp³-hybridized carbons (Fsp3) is 0.800. The number of aromatic nitrogens is 2. The predicted octanol–water partition coefficient (Wildman–Crippen LogP) is 2.54. The second-order valence-electron chi connectivity index (χ2n) is 4.68. The average Bonchev–Trinajstić information content (AvgIpc) is 2.50. The lowest BCUT2D eigenvalue weighted by Crippen LogP contribution is -2.26. The molecule has 0 bridgehead atoms. The minimum absolute atomic E-state index is 0.0454. The minimum atomic E-state index is 0.0454. The third kappa shape index (κ3) is 2.51. The van der Waals surface area contributed by atoms with Crippen LogP contribution in [0.4, 0.5) is 0 Å². The number of hydrogen-bond donors (Lipinski definition) is 1. The summed E-state index contributed by atoms with van der Waals surface area (Å²) in [6, 6.07) is 0.0454. The molecule has 1 aromatic rings. The van der Waals surface area contributed by atoms with Gasteiger partial charge in [-0.25, -0.2) is 0 Å². The first-order valence-corrected chi connectivity index (χ1v) is 5.81. The van der Waals surface area contributed by atoms with E-state index in [1.54, 1.807) is 0 Å². The fourth-order valence-corrected chi connectivity index (χ4v) is 2.20. The lowest BCUT2D eigenvalue weighted by atomic mass is 9.86. The van der Waals surface area contributed by atoms with Gasteiger partial charge in [-0.1, -0.05) is 38.6 Å². The van der Waals surface area contributed by atoms with Crippen LogP contribution < -0.4 is 5.73 Å². The van der Waals surface area contributed by atoms with Gasteiger partial charge in [-0.05, 0) is 23.4 Å². The van der Waals surface area contributed by atoms with Gasteiger partial charge in [0.1, 0.15) is 0 Å². The van der Waals surface area contributed by atoms with Crippen molar-refractivity contribution >= 4 is 11.5 Å². The first-order valence-electron chi connectivity index (χ1n) is 5.03. The zero-order valence-corrected chi connectivity index (χ0v) is 10.2. The quantitative estimate of drug-likeness (QED) is 0.839. The Morgan fingerprint density at radius 3 is 2.57 bits per heavy atom. The summed E-state index contributed by atoms with van der Waals surface area (Å²) in [5.41, 5.74) is 7.34. The van der Waals surface area contributed by atoms with Gasteiger partial charge in [0.25, 0.3) is 0 Å². The molecule has 0 aliphatic carbocycles. The highest BCUT2D eigenvalue weighted by Crippen LogP contribution is 2.33. The lowest BCUT2D eigenvalue weighted by molar-refractivity contribution is 0.329. The molecule has 1 unspecified atom stereocenters. The van der Waals surface area contributed by atoms with Crippen LogP contribution in [0.3, 0.4) is 0 Å². The van der Waals surface area contributed by atoms with Crippen molar-refractivity contribution in [1.29, 1.82) is 0 Å². The van der Waals surface area contributed by atoms with Crippen LogP contribution in [0.1, 0.15) is 50.7 Å². The molecule has 1 rings (SSSR count). The maximum absolute atomic E-state index is 6.18. The second kappa shape index (κ2) is 4.36.